The fourth-order valence-electron chi connectivity index (χ4n) is 2.11. The van der Waals surface area contributed by atoms with Crippen LogP contribution in [-0.2, 0) is 4.79 Å². The van der Waals surface area contributed by atoms with Gasteiger partial charge in [-0.15, -0.1) is 0 Å². The lowest BCUT2D eigenvalue weighted by molar-refractivity contribution is -0.143. The Balaban J connectivity index is 4.26. The normalized spacial score (nSPS) is 16.9. The number of hydrogen-bond donors (Lipinski definition) is 2. The van der Waals surface area contributed by atoms with E-state index in [4.69, 9.17) is 10.8 Å². The first kappa shape index (κ1) is 17.4. The van der Waals surface area contributed by atoms with Crippen molar-refractivity contribution in [3.63, 3.8) is 0 Å². The summed E-state index contributed by atoms with van der Waals surface area (Å²) in [5.74, 6) is -0.932. The molecular weight excluding hydrogens is 230 g/mol. The van der Waals surface area contributed by atoms with Crippen molar-refractivity contribution in [2.45, 2.75) is 45.2 Å². The molecule has 3 N–H and O–H groups in total. The van der Waals surface area contributed by atoms with Crippen LogP contribution in [-0.4, -0.2) is 66.2 Å². The summed E-state index contributed by atoms with van der Waals surface area (Å²) in [6, 6.07) is 0.184. The van der Waals surface area contributed by atoms with Crippen LogP contribution in [0.15, 0.2) is 0 Å². The standard InChI is InChI=1S/C13H29N3O2/c1-6-16(9-7-8-15(4)5)11(2)10-13(3,14)12(17)18/h11H,6-10,14H2,1-5H3,(H,17,18). The van der Waals surface area contributed by atoms with Crippen molar-refractivity contribution in [2.24, 2.45) is 5.73 Å². The van der Waals surface area contributed by atoms with Gasteiger partial charge in [0.15, 0.2) is 0 Å². The number of hydrogen-bond acceptors (Lipinski definition) is 4. The number of nitrogens with zero attached hydrogens (tertiary/aromatic N) is 2. The Kier molecular flexibility index (Phi) is 7.43. The SMILES string of the molecule is CCN(CCCN(C)C)C(C)CC(C)(N)C(=O)O. The molecular formula is C13H29N3O2. The van der Waals surface area contributed by atoms with Gasteiger partial charge in [0, 0.05) is 6.04 Å². The minimum atomic E-state index is -1.14. The third kappa shape index (κ3) is 6.33. The molecule has 0 rings (SSSR count). The van der Waals surface area contributed by atoms with E-state index < -0.39 is 11.5 Å². The Morgan fingerprint density at radius 2 is 1.94 bits per heavy atom. The highest BCUT2D eigenvalue weighted by molar-refractivity contribution is 5.77. The largest absolute Gasteiger partial charge is 0.480 e. The second-order valence-electron chi connectivity index (χ2n) is 5.56. The van der Waals surface area contributed by atoms with E-state index in [1.54, 1.807) is 6.92 Å². The van der Waals surface area contributed by atoms with Crippen LogP contribution >= 0.6 is 0 Å². The van der Waals surface area contributed by atoms with Crippen LogP contribution < -0.4 is 5.73 Å². The highest BCUT2D eigenvalue weighted by atomic mass is 16.4. The van der Waals surface area contributed by atoms with Gasteiger partial charge < -0.3 is 20.6 Å². The average Bonchev–Trinajstić information content (AvgIpc) is 2.22. The van der Waals surface area contributed by atoms with Gasteiger partial charge in [0.25, 0.3) is 0 Å². The first-order valence-electron chi connectivity index (χ1n) is 6.61. The second kappa shape index (κ2) is 7.71. The Labute approximate surface area is 111 Å². The molecule has 5 nitrogen and oxygen atoms in total. The van der Waals surface area contributed by atoms with Crippen LogP contribution in [0.3, 0.4) is 0 Å². The minimum Gasteiger partial charge on any atom is -0.480 e. The summed E-state index contributed by atoms with van der Waals surface area (Å²) in [6.07, 6.45) is 1.55. The molecule has 0 heterocycles. The summed E-state index contributed by atoms with van der Waals surface area (Å²) in [5, 5.41) is 9.04. The molecule has 0 spiro atoms. The number of carbonyl (C=O) groups is 1. The van der Waals surface area contributed by atoms with Crippen molar-refractivity contribution in [1.29, 1.82) is 0 Å². The molecule has 0 saturated carbocycles. The molecule has 5 heteroatoms. The minimum absolute atomic E-state index is 0.184. The summed E-state index contributed by atoms with van der Waals surface area (Å²) in [5.41, 5.74) is 4.65. The predicted octanol–water partition coefficient (Wildman–Crippen LogP) is 0.841. The van der Waals surface area contributed by atoms with Gasteiger partial charge in [-0.05, 0) is 60.4 Å². The van der Waals surface area contributed by atoms with Gasteiger partial charge in [-0.25, -0.2) is 0 Å². The molecule has 2 unspecified atom stereocenters. The van der Waals surface area contributed by atoms with Gasteiger partial charge >= 0.3 is 5.97 Å². The van der Waals surface area contributed by atoms with Crippen molar-refractivity contribution >= 4 is 5.97 Å². The van der Waals surface area contributed by atoms with Crippen LogP contribution in [0.5, 0.6) is 0 Å². The summed E-state index contributed by atoms with van der Waals surface area (Å²) in [6.45, 7) is 8.67. The van der Waals surface area contributed by atoms with Crippen LogP contribution in [0.4, 0.5) is 0 Å². The molecule has 0 fully saturated rings. The Morgan fingerprint density at radius 1 is 1.39 bits per heavy atom. The molecule has 0 saturated heterocycles. The van der Waals surface area contributed by atoms with Gasteiger partial charge in [-0.3, -0.25) is 4.79 Å². The summed E-state index contributed by atoms with van der Waals surface area (Å²) >= 11 is 0. The maximum Gasteiger partial charge on any atom is 0.323 e. The lowest BCUT2D eigenvalue weighted by atomic mass is 9.94. The quantitative estimate of drug-likeness (QED) is 0.642. The van der Waals surface area contributed by atoms with Gasteiger partial charge in [0.05, 0.1) is 0 Å². The van der Waals surface area contributed by atoms with Crippen LogP contribution in [0, 0.1) is 0 Å². The highest BCUT2D eigenvalue weighted by Crippen LogP contribution is 2.14. The summed E-state index contributed by atoms with van der Waals surface area (Å²) < 4.78 is 0. The van der Waals surface area contributed by atoms with Crippen molar-refractivity contribution in [3.8, 4) is 0 Å². The monoisotopic (exact) mass is 259 g/mol. The molecule has 0 radical (unpaired) electrons. The third-order valence-corrected chi connectivity index (χ3v) is 3.29. The molecule has 0 aliphatic carbocycles. The fourth-order valence-corrected chi connectivity index (χ4v) is 2.11. The topological polar surface area (TPSA) is 69.8 Å². The number of nitrogens with two attached hydrogens (primary N) is 1. The Hall–Kier alpha value is -0.650. The molecule has 0 bridgehead atoms. The zero-order valence-electron chi connectivity index (χ0n) is 12.4. The average molecular weight is 259 g/mol. The van der Waals surface area contributed by atoms with E-state index >= 15 is 0 Å². The first-order chi connectivity index (χ1) is 8.20. The maximum absolute atomic E-state index is 11.0. The van der Waals surface area contributed by atoms with Crippen molar-refractivity contribution in [1.82, 2.24) is 9.80 Å². The van der Waals surface area contributed by atoms with E-state index in [2.05, 4.69) is 30.8 Å². The van der Waals surface area contributed by atoms with E-state index in [1.807, 2.05) is 6.92 Å². The number of rotatable bonds is 9. The van der Waals surface area contributed by atoms with E-state index in [-0.39, 0.29) is 6.04 Å². The molecule has 0 aromatic rings. The molecule has 0 aromatic carbocycles. The highest BCUT2D eigenvalue weighted by Gasteiger charge is 2.31. The maximum atomic E-state index is 11.0. The van der Waals surface area contributed by atoms with Gasteiger partial charge in [0.2, 0.25) is 0 Å². The van der Waals surface area contributed by atoms with E-state index in [0.717, 1.165) is 26.1 Å². The van der Waals surface area contributed by atoms with Gasteiger partial charge in [-0.2, -0.15) is 0 Å². The van der Waals surface area contributed by atoms with Crippen LogP contribution in [0.2, 0.25) is 0 Å². The fraction of sp³-hybridized carbons (Fsp3) is 0.923. The van der Waals surface area contributed by atoms with Gasteiger partial charge in [0.1, 0.15) is 5.54 Å². The first-order valence-corrected chi connectivity index (χ1v) is 6.61. The number of carboxylic acids is 1. The molecule has 0 aliphatic rings. The summed E-state index contributed by atoms with van der Waals surface area (Å²) in [4.78, 5) is 15.5. The molecule has 18 heavy (non-hydrogen) atoms. The van der Waals surface area contributed by atoms with E-state index in [1.165, 1.54) is 0 Å². The Bertz CT molecular complexity index is 255. The molecule has 0 amide bonds. The second-order valence-corrected chi connectivity index (χ2v) is 5.56. The zero-order valence-corrected chi connectivity index (χ0v) is 12.4. The zero-order chi connectivity index (χ0) is 14.3. The number of carboxylic acid groups (broad SMARTS) is 1. The van der Waals surface area contributed by atoms with E-state index in [0.29, 0.717) is 6.42 Å². The van der Waals surface area contributed by atoms with Gasteiger partial charge in [-0.1, -0.05) is 6.92 Å². The molecule has 2 atom stereocenters. The van der Waals surface area contributed by atoms with Crippen molar-refractivity contribution in [3.05, 3.63) is 0 Å². The lowest BCUT2D eigenvalue weighted by Crippen LogP contribution is -2.50. The third-order valence-electron chi connectivity index (χ3n) is 3.29. The van der Waals surface area contributed by atoms with Crippen LogP contribution in [0.1, 0.15) is 33.6 Å². The lowest BCUT2D eigenvalue weighted by Gasteiger charge is -2.32. The molecule has 108 valence electrons. The number of aliphatic carboxylic acids is 1. The van der Waals surface area contributed by atoms with Crippen molar-refractivity contribution in [2.75, 3.05) is 33.7 Å². The smallest absolute Gasteiger partial charge is 0.323 e. The molecule has 0 aliphatic heterocycles. The Morgan fingerprint density at radius 3 is 2.33 bits per heavy atom. The van der Waals surface area contributed by atoms with Crippen molar-refractivity contribution < 1.29 is 9.90 Å². The summed E-state index contributed by atoms with van der Waals surface area (Å²) in [7, 11) is 4.11. The predicted molar refractivity (Wildman–Crippen MR) is 74.7 cm³/mol. The van der Waals surface area contributed by atoms with E-state index in [9.17, 15) is 4.79 Å². The molecule has 0 aromatic heterocycles. The van der Waals surface area contributed by atoms with Crippen LogP contribution in [0.25, 0.3) is 0 Å².